The van der Waals surface area contributed by atoms with Gasteiger partial charge in [0.15, 0.2) is 5.11 Å². The standard InChI is InChI=1S/C25H18BrCl2N3OS/c1-14-12-16(6-7-17(14)26)31-24(23(30-25(31)33)20-4-2-3-11-29-20)22-10-9-21(32-22)15-5-8-18(27)19(28)13-15/h2-13,23-24H,1H3,(H,30,33)/t23-,24+/m1/s1. The summed E-state index contributed by atoms with van der Waals surface area (Å²) in [5, 5.41) is 5.05. The predicted octanol–water partition coefficient (Wildman–Crippen LogP) is 7.90. The largest absolute Gasteiger partial charge is 0.459 e. The Morgan fingerprint density at radius 2 is 1.88 bits per heavy atom. The molecule has 0 spiro atoms. The van der Waals surface area contributed by atoms with Crippen LogP contribution in [-0.2, 0) is 0 Å². The van der Waals surface area contributed by atoms with E-state index in [1.54, 1.807) is 18.3 Å². The molecule has 0 bridgehead atoms. The zero-order valence-corrected chi connectivity index (χ0v) is 21.3. The molecule has 4 nitrogen and oxygen atoms in total. The minimum atomic E-state index is -0.232. The van der Waals surface area contributed by atoms with Crippen LogP contribution in [0.1, 0.15) is 29.1 Å². The molecule has 1 aliphatic heterocycles. The van der Waals surface area contributed by atoms with E-state index in [1.165, 1.54) is 0 Å². The number of benzene rings is 2. The number of rotatable bonds is 4. The lowest BCUT2D eigenvalue weighted by molar-refractivity contribution is 0.439. The molecular weight excluding hydrogens is 541 g/mol. The third-order valence-electron chi connectivity index (χ3n) is 5.64. The van der Waals surface area contributed by atoms with Crippen molar-refractivity contribution in [1.82, 2.24) is 10.3 Å². The molecule has 0 radical (unpaired) electrons. The van der Waals surface area contributed by atoms with Crippen LogP contribution in [0.25, 0.3) is 11.3 Å². The number of nitrogens with zero attached hydrogens (tertiary/aromatic N) is 2. The van der Waals surface area contributed by atoms with Crippen molar-refractivity contribution in [2.45, 2.75) is 19.0 Å². The Morgan fingerprint density at radius 1 is 1.03 bits per heavy atom. The molecule has 1 N–H and O–H groups in total. The zero-order chi connectivity index (χ0) is 23.1. The Kier molecular flexibility index (Phi) is 6.18. The summed E-state index contributed by atoms with van der Waals surface area (Å²) in [6, 6.07) is 21.0. The molecule has 5 rings (SSSR count). The van der Waals surface area contributed by atoms with E-state index < -0.39 is 0 Å². The van der Waals surface area contributed by atoms with Crippen molar-refractivity contribution in [2.24, 2.45) is 0 Å². The average Bonchev–Trinajstić information content (AvgIpc) is 3.43. The summed E-state index contributed by atoms with van der Waals surface area (Å²) in [7, 11) is 0. The maximum Gasteiger partial charge on any atom is 0.174 e. The Labute approximate surface area is 215 Å². The van der Waals surface area contributed by atoms with E-state index in [1.807, 2.05) is 48.5 Å². The van der Waals surface area contributed by atoms with Crippen molar-refractivity contribution in [3.63, 3.8) is 0 Å². The molecule has 1 saturated heterocycles. The molecule has 2 atom stereocenters. The molecular formula is C25H18BrCl2N3OS. The van der Waals surface area contributed by atoms with E-state index in [-0.39, 0.29) is 12.1 Å². The summed E-state index contributed by atoms with van der Waals surface area (Å²) in [5.41, 5.74) is 3.83. The van der Waals surface area contributed by atoms with Crippen LogP contribution in [-0.4, -0.2) is 10.1 Å². The quantitative estimate of drug-likeness (QED) is 0.258. The van der Waals surface area contributed by atoms with Crippen LogP contribution >= 0.6 is 51.3 Å². The molecule has 2 aromatic heterocycles. The van der Waals surface area contributed by atoms with E-state index in [0.717, 1.165) is 32.7 Å². The highest BCUT2D eigenvalue weighted by molar-refractivity contribution is 9.10. The lowest BCUT2D eigenvalue weighted by Crippen LogP contribution is -2.29. The summed E-state index contributed by atoms with van der Waals surface area (Å²) < 4.78 is 7.42. The highest BCUT2D eigenvalue weighted by Gasteiger charge is 2.42. The number of nitrogens with one attached hydrogen (secondary N) is 1. The normalized spacial score (nSPS) is 17.9. The summed E-state index contributed by atoms with van der Waals surface area (Å²) in [6.45, 7) is 2.06. The van der Waals surface area contributed by atoms with Crippen molar-refractivity contribution < 1.29 is 4.42 Å². The lowest BCUT2D eigenvalue weighted by Gasteiger charge is -2.26. The van der Waals surface area contributed by atoms with E-state index in [9.17, 15) is 0 Å². The first kappa shape index (κ1) is 22.4. The third kappa shape index (κ3) is 4.28. The van der Waals surface area contributed by atoms with E-state index >= 15 is 0 Å². The smallest absolute Gasteiger partial charge is 0.174 e. The van der Waals surface area contributed by atoms with Gasteiger partial charge in [-0.3, -0.25) is 4.98 Å². The van der Waals surface area contributed by atoms with Crippen molar-refractivity contribution in [1.29, 1.82) is 0 Å². The van der Waals surface area contributed by atoms with Gasteiger partial charge < -0.3 is 14.6 Å². The van der Waals surface area contributed by atoms with Crippen LogP contribution in [0.15, 0.2) is 81.8 Å². The van der Waals surface area contributed by atoms with Gasteiger partial charge in [0.05, 0.1) is 21.8 Å². The van der Waals surface area contributed by atoms with Crippen molar-refractivity contribution in [2.75, 3.05) is 4.90 Å². The van der Waals surface area contributed by atoms with Gasteiger partial charge in [0.2, 0.25) is 0 Å². The van der Waals surface area contributed by atoms with Gasteiger partial charge in [-0.2, -0.15) is 0 Å². The summed E-state index contributed by atoms with van der Waals surface area (Å²) in [5.74, 6) is 1.47. The highest BCUT2D eigenvalue weighted by atomic mass is 79.9. The molecule has 3 heterocycles. The van der Waals surface area contributed by atoms with Crippen LogP contribution in [0.4, 0.5) is 5.69 Å². The summed E-state index contributed by atoms with van der Waals surface area (Å²) >= 11 is 21.7. The van der Waals surface area contributed by atoms with Crippen molar-refractivity contribution >= 4 is 62.1 Å². The molecule has 1 fully saturated rings. The van der Waals surface area contributed by atoms with E-state index in [0.29, 0.717) is 20.9 Å². The minimum Gasteiger partial charge on any atom is -0.459 e. The van der Waals surface area contributed by atoms with Gasteiger partial charge >= 0.3 is 0 Å². The number of hydrogen-bond donors (Lipinski definition) is 1. The van der Waals surface area contributed by atoms with Gasteiger partial charge in [0, 0.05) is 21.9 Å². The fourth-order valence-electron chi connectivity index (χ4n) is 4.02. The molecule has 0 amide bonds. The Hall–Kier alpha value is -2.38. The first-order valence-electron chi connectivity index (χ1n) is 10.2. The molecule has 4 aromatic rings. The highest BCUT2D eigenvalue weighted by Crippen LogP contribution is 2.43. The molecule has 8 heteroatoms. The molecule has 0 aliphatic carbocycles. The van der Waals surface area contributed by atoms with Gasteiger partial charge in [-0.1, -0.05) is 45.2 Å². The fraction of sp³-hybridized carbons (Fsp3) is 0.120. The van der Waals surface area contributed by atoms with E-state index in [2.05, 4.69) is 44.1 Å². The number of aryl methyl sites for hydroxylation is 1. The second-order valence-electron chi connectivity index (χ2n) is 7.76. The van der Waals surface area contributed by atoms with Crippen LogP contribution in [0.2, 0.25) is 10.0 Å². The van der Waals surface area contributed by atoms with Crippen LogP contribution < -0.4 is 10.2 Å². The number of halogens is 3. The average molecular weight is 559 g/mol. The maximum absolute atomic E-state index is 6.37. The summed E-state index contributed by atoms with van der Waals surface area (Å²) in [4.78, 5) is 6.68. The number of furan rings is 1. The fourth-order valence-corrected chi connectivity index (χ4v) is 4.91. The second kappa shape index (κ2) is 9.11. The number of hydrogen-bond acceptors (Lipinski definition) is 3. The second-order valence-corrected chi connectivity index (χ2v) is 9.82. The number of anilines is 1. The Morgan fingerprint density at radius 3 is 2.61 bits per heavy atom. The molecule has 166 valence electrons. The Bertz CT molecular complexity index is 1340. The number of aromatic nitrogens is 1. The topological polar surface area (TPSA) is 41.3 Å². The predicted molar refractivity (Wildman–Crippen MR) is 141 cm³/mol. The van der Waals surface area contributed by atoms with Gasteiger partial charge in [0.25, 0.3) is 0 Å². The first-order chi connectivity index (χ1) is 15.9. The monoisotopic (exact) mass is 557 g/mol. The van der Waals surface area contributed by atoms with E-state index in [4.69, 9.17) is 39.8 Å². The van der Waals surface area contributed by atoms with Gasteiger partial charge in [-0.05, 0) is 85.4 Å². The van der Waals surface area contributed by atoms with Crippen molar-refractivity contribution in [3.8, 4) is 11.3 Å². The van der Waals surface area contributed by atoms with Crippen LogP contribution in [0.5, 0.6) is 0 Å². The summed E-state index contributed by atoms with van der Waals surface area (Å²) in [6.07, 6.45) is 1.78. The SMILES string of the molecule is Cc1cc(N2C(=S)N[C@H](c3ccccn3)[C@@H]2c2ccc(-c3ccc(Cl)c(Cl)c3)o2)ccc1Br. The van der Waals surface area contributed by atoms with Crippen molar-refractivity contribution in [3.05, 3.63) is 104 Å². The van der Waals surface area contributed by atoms with Gasteiger partial charge in [-0.15, -0.1) is 0 Å². The zero-order valence-electron chi connectivity index (χ0n) is 17.4. The van der Waals surface area contributed by atoms with Crippen LogP contribution in [0.3, 0.4) is 0 Å². The number of thiocarbonyl (C=S) groups is 1. The van der Waals surface area contributed by atoms with Gasteiger partial charge in [0.1, 0.15) is 17.6 Å². The lowest BCUT2D eigenvalue weighted by atomic mass is 10.0. The molecule has 2 aromatic carbocycles. The minimum absolute atomic E-state index is 0.185. The molecule has 1 aliphatic rings. The first-order valence-corrected chi connectivity index (χ1v) is 12.2. The van der Waals surface area contributed by atoms with Gasteiger partial charge in [-0.25, -0.2) is 0 Å². The van der Waals surface area contributed by atoms with Crippen LogP contribution in [0, 0.1) is 6.92 Å². The third-order valence-corrected chi connectivity index (χ3v) is 7.58. The Balaban J connectivity index is 1.61. The number of pyridine rings is 1. The maximum atomic E-state index is 6.37. The molecule has 33 heavy (non-hydrogen) atoms. The molecule has 0 saturated carbocycles. The molecule has 0 unspecified atom stereocenters.